The van der Waals surface area contributed by atoms with Gasteiger partial charge in [0.1, 0.15) is 0 Å². The summed E-state index contributed by atoms with van der Waals surface area (Å²) >= 11 is 0. The number of carboxylic acids is 1. The van der Waals surface area contributed by atoms with Gasteiger partial charge in [0.2, 0.25) is 0 Å². The number of hydrogen-bond acceptors (Lipinski definition) is 4. The molecule has 0 aliphatic rings. The number of rotatable bonds is 4. The highest BCUT2D eigenvalue weighted by molar-refractivity contribution is 5.97. The summed E-state index contributed by atoms with van der Waals surface area (Å²) in [6, 6.07) is 8.72. The number of anilines is 2. The van der Waals surface area contributed by atoms with Gasteiger partial charge >= 0.3 is 5.97 Å². The van der Waals surface area contributed by atoms with E-state index in [2.05, 4.69) is 10.3 Å². The van der Waals surface area contributed by atoms with Gasteiger partial charge in [-0.3, -0.25) is 4.98 Å². The third-order valence-electron chi connectivity index (χ3n) is 2.91. The molecule has 0 aliphatic carbocycles. The molecule has 0 saturated heterocycles. The van der Waals surface area contributed by atoms with Crippen LogP contribution in [-0.4, -0.2) is 16.1 Å². The molecular weight excluding hydrogens is 242 g/mol. The lowest BCUT2D eigenvalue weighted by Crippen LogP contribution is -2.11. The maximum atomic E-state index is 11.0. The average molecular weight is 257 g/mol. The molecule has 4 N–H and O–H groups in total. The summed E-state index contributed by atoms with van der Waals surface area (Å²) < 4.78 is 0. The van der Waals surface area contributed by atoms with E-state index in [-0.39, 0.29) is 17.3 Å². The molecule has 1 atom stereocenters. The molecular formula is C14H15N3O2. The number of nitrogens with two attached hydrogens (primary N) is 1. The van der Waals surface area contributed by atoms with Gasteiger partial charge in [0.05, 0.1) is 16.9 Å². The van der Waals surface area contributed by atoms with Crippen LogP contribution in [0.5, 0.6) is 0 Å². The van der Waals surface area contributed by atoms with Gasteiger partial charge in [-0.05, 0) is 36.8 Å². The summed E-state index contributed by atoms with van der Waals surface area (Å²) in [7, 11) is 0. The Morgan fingerprint density at radius 1 is 1.32 bits per heavy atom. The van der Waals surface area contributed by atoms with E-state index in [9.17, 15) is 4.79 Å². The van der Waals surface area contributed by atoms with Crippen molar-refractivity contribution in [3.05, 3.63) is 53.9 Å². The molecule has 5 nitrogen and oxygen atoms in total. The second kappa shape index (κ2) is 5.39. The Morgan fingerprint density at radius 3 is 2.63 bits per heavy atom. The van der Waals surface area contributed by atoms with Crippen molar-refractivity contribution in [3.8, 4) is 0 Å². The number of carboxylic acid groups (broad SMARTS) is 1. The van der Waals surface area contributed by atoms with Gasteiger partial charge in [0, 0.05) is 18.4 Å². The number of para-hydroxylation sites is 1. The normalized spacial score (nSPS) is 11.8. The first-order valence-electron chi connectivity index (χ1n) is 5.88. The van der Waals surface area contributed by atoms with Crippen molar-refractivity contribution in [2.75, 3.05) is 11.1 Å². The minimum absolute atomic E-state index is 0.00865. The smallest absolute Gasteiger partial charge is 0.337 e. The zero-order valence-corrected chi connectivity index (χ0v) is 10.5. The molecule has 1 heterocycles. The van der Waals surface area contributed by atoms with E-state index in [1.807, 2.05) is 19.1 Å². The SMILES string of the molecule is CC(Nc1cccc(C(=O)O)c1N)c1ccncc1. The van der Waals surface area contributed by atoms with Gasteiger partial charge < -0.3 is 16.2 Å². The van der Waals surface area contributed by atoms with Gasteiger partial charge in [-0.1, -0.05) is 6.07 Å². The minimum Gasteiger partial charge on any atom is -0.478 e. The largest absolute Gasteiger partial charge is 0.478 e. The van der Waals surface area contributed by atoms with E-state index in [1.165, 1.54) is 6.07 Å². The highest BCUT2D eigenvalue weighted by atomic mass is 16.4. The Bertz CT molecular complexity index is 584. The van der Waals surface area contributed by atoms with E-state index >= 15 is 0 Å². The van der Waals surface area contributed by atoms with E-state index in [1.54, 1.807) is 24.5 Å². The quantitative estimate of drug-likeness (QED) is 0.732. The summed E-state index contributed by atoms with van der Waals surface area (Å²) in [5.41, 5.74) is 7.87. The second-order valence-electron chi connectivity index (χ2n) is 4.22. The standard InChI is InChI=1S/C14H15N3O2/c1-9(10-5-7-16-8-6-10)17-12-4-2-3-11(13(12)15)14(18)19/h2-9,17H,15H2,1H3,(H,18,19). The molecule has 1 aromatic carbocycles. The molecule has 19 heavy (non-hydrogen) atoms. The number of hydrogen-bond donors (Lipinski definition) is 3. The van der Waals surface area contributed by atoms with Crippen molar-refractivity contribution in [1.29, 1.82) is 0 Å². The number of benzene rings is 1. The molecule has 2 aromatic rings. The highest BCUT2D eigenvalue weighted by Gasteiger charge is 2.13. The zero-order chi connectivity index (χ0) is 13.8. The molecule has 1 aromatic heterocycles. The molecule has 2 rings (SSSR count). The molecule has 0 aliphatic heterocycles. The predicted octanol–water partition coefficient (Wildman–Crippen LogP) is 2.54. The fraction of sp³-hybridized carbons (Fsp3) is 0.143. The first kappa shape index (κ1) is 12.9. The van der Waals surface area contributed by atoms with Crippen molar-refractivity contribution in [3.63, 3.8) is 0 Å². The van der Waals surface area contributed by atoms with Crippen LogP contribution in [0.1, 0.15) is 28.9 Å². The Kier molecular flexibility index (Phi) is 3.66. The topological polar surface area (TPSA) is 88.2 Å². The number of aromatic carboxylic acids is 1. The maximum absolute atomic E-state index is 11.0. The van der Waals surface area contributed by atoms with Crippen LogP contribution in [0.4, 0.5) is 11.4 Å². The Morgan fingerprint density at radius 2 is 2.00 bits per heavy atom. The lowest BCUT2D eigenvalue weighted by Gasteiger charge is -2.17. The monoisotopic (exact) mass is 257 g/mol. The molecule has 5 heteroatoms. The van der Waals surface area contributed by atoms with Crippen LogP contribution in [0.2, 0.25) is 0 Å². The van der Waals surface area contributed by atoms with Crippen molar-refractivity contribution >= 4 is 17.3 Å². The van der Waals surface area contributed by atoms with E-state index in [0.29, 0.717) is 5.69 Å². The number of nitrogens with zero attached hydrogens (tertiary/aromatic N) is 1. The lowest BCUT2D eigenvalue weighted by molar-refractivity contribution is 0.0698. The molecule has 0 amide bonds. The van der Waals surface area contributed by atoms with E-state index in [0.717, 1.165) is 5.56 Å². The van der Waals surface area contributed by atoms with Gasteiger partial charge in [-0.2, -0.15) is 0 Å². The summed E-state index contributed by atoms with van der Waals surface area (Å²) in [5, 5.41) is 12.2. The maximum Gasteiger partial charge on any atom is 0.337 e. The van der Waals surface area contributed by atoms with Gasteiger partial charge in [0.15, 0.2) is 0 Å². The van der Waals surface area contributed by atoms with Gasteiger partial charge in [-0.15, -0.1) is 0 Å². The fourth-order valence-electron chi connectivity index (χ4n) is 1.85. The van der Waals surface area contributed by atoms with Crippen LogP contribution >= 0.6 is 0 Å². The van der Waals surface area contributed by atoms with Gasteiger partial charge in [0.25, 0.3) is 0 Å². The van der Waals surface area contributed by atoms with Crippen LogP contribution in [0.25, 0.3) is 0 Å². The summed E-state index contributed by atoms with van der Waals surface area (Å²) in [6.07, 6.45) is 3.43. The molecule has 0 bridgehead atoms. The predicted molar refractivity (Wildman–Crippen MR) is 74.1 cm³/mol. The van der Waals surface area contributed by atoms with Crippen LogP contribution < -0.4 is 11.1 Å². The fourth-order valence-corrected chi connectivity index (χ4v) is 1.85. The third kappa shape index (κ3) is 2.82. The molecule has 1 unspecified atom stereocenters. The first-order valence-corrected chi connectivity index (χ1v) is 5.88. The molecule has 0 radical (unpaired) electrons. The second-order valence-corrected chi connectivity index (χ2v) is 4.22. The lowest BCUT2D eigenvalue weighted by atomic mass is 10.1. The zero-order valence-electron chi connectivity index (χ0n) is 10.5. The summed E-state index contributed by atoms with van der Waals surface area (Å²) in [6.45, 7) is 1.97. The van der Waals surface area contributed by atoms with Crippen molar-refractivity contribution in [1.82, 2.24) is 4.98 Å². The summed E-state index contributed by atoms with van der Waals surface area (Å²) in [4.78, 5) is 15.0. The van der Waals surface area contributed by atoms with E-state index in [4.69, 9.17) is 10.8 Å². The van der Waals surface area contributed by atoms with Gasteiger partial charge in [-0.25, -0.2) is 4.79 Å². The molecule has 98 valence electrons. The van der Waals surface area contributed by atoms with Crippen LogP contribution in [-0.2, 0) is 0 Å². The van der Waals surface area contributed by atoms with Crippen molar-refractivity contribution in [2.24, 2.45) is 0 Å². The number of aromatic nitrogens is 1. The molecule has 0 fully saturated rings. The third-order valence-corrected chi connectivity index (χ3v) is 2.91. The average Bonchev–Trinajstić information content (AvgIpc) is 2.41. The molecule has 0 spiro atoms. The van der Waals surface area contributed by atoms with Crippen molar-refractivity contribution < 1.29 is 9.90 Å². The number of nitrogen functional groups attached to an aromatic ring is 1. The number of carbonyl (C=O) groups is 1. The number of nitrogens with one attached hydrogen (secondary N) is 1. The summed E-state index contributed by atoms with van der Waals surface area (Å²) in [5.74, 6) is -1.03. The molecule has 0 saturated carbocycles. The highest BCUT2D eigenvalue weighted by Crippen LogP contribution is 2.26. The van der Waals surface area contributed by atoms with Crippen LogP contribution in [0, 0.1) is 0 Å². The minimum atomic E-state index is -1.03. The Labute approximate surface area is 111 Å². The van der Waals surface area contributed by atoms with Crippen LogP contribution in [0.3, 0.4) is 0 Å². The Hall–Kier alpha value is -2.56. The van der Waals surface area contributed by atoms with Crippen LogP contribution in [0.15, 0.2) is 42.7 Å². The van der Waals surface area contributed by atoms with Crippen molar-refractivity contribution in [2.45, 2.75) is 13.0 Å². The number of pyridine rings is 1. The Balaban J connectivity index is 2.25. The van der Waals surface area contributed by atoms with E-state index < -0.39 is 5.97 Å². The first-order chi connectivity index (χ1) is 9.09.